The Morgan fingerprint density at radius 2 is 1.76 bits per heavy atom. The maximum Gasteiger partial charge on any atom is 0.303 e. The summed E-state index contributed by atoms with van der Waals surface area (Å²) >= 11 is 0. The average Bonchev–Trinajstić information content (AvgIpc) is 2.45. The Labute approximate surface area is 129 Å². The molecule has 1 unspecified atom stereocenters. The van der Waals surface area contributed by atoms with Gasteiger partial charge in [-0.1, -0.05) is 56.9 Å². The predicted octanol–water partition coefficient (Wildman–Crippen LogP) is 4.86. The zero-order valence-electron chi connectivity index (χ0n) is 13.5. The van der Waals surface area contributed by atoms with E-state index >= 15 is 0 Å². The summed E-state index contributed by atoms with van der Waals surface area (Å²) in [6, 6.07) is 0. The van der Waals surface area contributed by atoms with Crippen molar-refractivity contribution in [2.24, 2.45) is 0 Å². The lowest BCUT2D eigenvalue weighted by atomic mass is 10.1. The number of hydrogen-bond donors (Lipinski definition) is 2. The van der Waals surface area contributed by atoms with E-state index in [0.717, 1.165) is 44.9 Å². The average molecular weight is 296 g/mol. The zero-order valence-corrected chi connectivity index (χ0v) is 13.5. The van der Waals surface area contributed by atoms with Crippen LogP contribution in [0, 0.1) is 0 Å². The number of aliphatic carboxylic acids is 1. The maximum atomic E-state index is 10.3. The summed E-state index contributed by atoms with van der Waals surface area (Å²) in [5.41, 5.74) is 0. The SMILES string of the molecule is CCCCCCC(O)C/C=C\C/C=C\CCCCC(=O)O. The Balaban J connectivity index is 3.39. The minimum absolute atomic E-state index is 0.196. The number of allylic oxidation sites excluding steroid dienone is 3. The molecule has 0 aromatic carbocycles. The van der Waals surface area contributed by atoms with Crippen molar-refractivity contribution < 1.29 is 15.0 Å². The number of carboxylic acid groups (broad SMARTS) is 1. The third kappa shape index (κ3) is 16.9. The van der Waals surface area contributed by atoms with Gasteiger partial charge in [0.1, 0.15) is 0 Å². The monoisotopic (exact) mass is 296 g/mol. The standard InChI is InChI=1S/C18H32O3/c1-2-3-4-11-14-17(19)15-12-9-7-5-6-8-10-13-16-18(20)21/h5-6,9,12,17,19H,2-4,7-8,10-11,13-16H2,1H3,(H,20,21)/b6-5-,12-9-. The van der Waals surface area contributed by atoms with Crippen molar-refractivity contribution in [2.45, 2.75) is 83.7 Å². The van der Waals surface area contributed by atoms with Gasteiger partial charge in [0.15, 0.2) is 0 Å². The Bertz CT molecular complexity index is 295. The van der Waals surface area contributed by atoms with Crippen molar-refractivity contribution >= 4 is 5.97 Å². The van der Waals surface area contributed by atoms with E-state index in [1.54, 1.807) is 0 Å². The topological polar surface area (TPSA) is 57.5 Å². The Morgan fingerprint density at radius 1 is 1.00 bits per heavy atom. The Morgan fingerprint density at radius 3 is 2.48 bits per heavy atom. The fourth-order valence-electron chi connectivity index (χ4n) is 2.11. The van der Waals surface area contributed by atoms with Crippen molar-refractivity contribution in [3.05, 3.63) is 24.3 Å². The number of carboxylic acids is 1. The molecule has 1 atom stereocenters. The van der Waals surface area contributed by atoms with Gasteiger partial charge in [0, 0.05) is 6.42 Å². The quantitative estimate of drug-likeness (QED) is 0.355. The molecule has 0 radical (unpaired) electrons. The van der Waals surface area contributed by atoms with Gasteiger partial charge < -0.3 is 10.2 Å². The lowest BCUT2D eigenvalue weighted by Crippen LogP contribution is -2.04. The fraction of sp³-hybridized carbons (Fsp3) is 0.722. The lowest BCUT2D eigenvalue weighted by molar-refractivity contribution is -0.137. The molecule has 0 fully saturated rings. The van der Waals surface area contributed by atoms with Gasteiger partial charge in [-0.25, -0.2) is 0 Å². The van der Waals surface area contributed by atoms with Crippen LogP contribution >= 0.6 is 0 Å². The zero-order chi connectivity index (χ0) is 15.8. The largest absolute Gasteiger partial charge is 0.481 e. The van der Waals surface area contributed by atoms with E-state index in [2.05, 4.69) is 31.2 Å². The van der Waals surface area contributed by atoms with Gasteiger partial charge in [-0.15, -0.1) is 0 Å². The lowest BCUT2D eigenvalue weighted by Gasteiger charge is -2.06. The maximum absolute atomic E-state index is 10.3. The minimum atomic E-state index is -0.713. The summed E-state index contributed by atoms with van der Waals surface area (Å²) < 4.78 is 0. The normalized spacial score (nSPS) is 13.2. The summed E-state index contributed by atoms with van der Waals surface area (Å²) in [7, 11) is 0. The van der Waals surface area contributed by atoms with Gasteiger partial charge in [-0.05, 0) is 38.5 Å². The third-order valence-corrected chi connectivity index (χ3v) is 3.42. The van der Waals surface area contributed by atoms with Crippen LogP contribution in [0.4, 0.5) is 0 Å². The van der Waals surface area contributed by atoms with Crippen molar-refractivity contribution in [1.29, 1.82) is 0 Å². The van der Waals surface area contributed by atoms with E-state index in [4.69, 9.17) is 5.11 Å². The van der Waals surface area contributed by atoms with Crippen molar-refractivity contribution in [3.63, 3.8) is 0 Å². The van der Waals surface area contributed by atoms with Crippen LogP contribution in [-0.2, 0) is 4.79 Å². The number of aliphatic hydroxyl groups is 1. The first-order chi connectivity index (χ1) is 10.2. The minimum Gasteiger partial charge on any atom is -0.481 e. The van der Waals surface area contributed by atoms with E-state index in [1.165, 1.54) is 19.3 Å². The molecule has 21 heavy (non-hydrogen) atoms. The second-order valence-corrected chi connectivity index (χ2v) is 5.56. The molecule has 0 aliphatic heterocycles. The molecule has 122 valence electrons. The number of carbonyl (C=O) groups is 1. The highest BCUT2D eigenvalue weighted by Crippen LogP contribution is 2.08. The van der Waals surface area contributed by atoms with Gasteiger partial charge in [-0.2, -0.15) is 0 Å². The van der Waals surface area contributed by atoms with E-state index < -0.39 is 5.97 Å². The van der Waals surface area contributed by atoms with E-state index in [9.17, 15) is 9.90 Å². The van der Waals surface area contributed by atoms with Crippen LogP contribution in [0.15, 0.2) is 24.3 Å². The second-order valence-electron chi connectivity index (χ2n) is 5.56. The molecule has 0 rings (SSSR count). The van der Waals surface area contributed by atoms with Crippen molar-refractivity contribution in [1.82, 2.24) is 0 Å². The molecular formula is C18H32O3. The molecule has 0 aromatic rings. The number of hydrogen-bond acceptors (Lipinski definition) is 2. The fourth-order valence-corrected chi connectivity index (χ4v) is 2.11. The van der Waals surface area contributed by atoms with Crippen LogP contribution in [0.3, 0.4) is 0 Å². The molecule has 0 aliphatic carbocycles. The smallest absolute Gasteiger partial charge is 0.303 e. The Kier molecular flexibility index (Phi) is 14.5. The van der Waals surface area contributed by atoms with Gasteiger partial charge in [-0.3, -0.25) is 4.79 Å². The van der Waals surface area contributed by atoms with E-state index in [0.29, 0.717) is 0 Å². The van der Waals surface area contributed by atoms with Crippen LogP contribution in [-0.4, -0.2) is 22.3 Å². The van der Waals surface area contributed by atoms with E-state index in [1.807, 2.05) is 0 Å². The molecule has 3 nitrogen and oxygen atoms in total. The van der Waals surface area contributed by atoms with Crippen LogP contribution in [0.25, 0.3) is 0 Å². The summed E-state index contributed by atoms with van der Waals surface area (Å²) in [5.74, 6) is -0.713. The number of aliphatic hydroxyl groups excluding tert-OH is 1. The molecular weight excluding hydrogens is 264 g/mol. The first-order valence-corrected chi connectivity index (χ1v) is 8.36. The molecule has 0 amide bonds. The third-order valence-electron chi connectivity index (χ3n) is 3.42. The first kappa shape index (κ1) is 19.9. The summed E-state index contributed by atoms with van der Waals surface area (Å²) in [4.78, 5) is 10.3. The molecule has 0 aromatic heterocycles. The highest BCUT2D eigenvalue weighted by molar-refractivity contribution is 5.66. The van der Waals surface area contributed by atoms with Crippen LogP contribution in [0.1, 0.15) is 77.6 Å². The van der Waals surface area contributed by atoms with Crippen LogP contribution < -0.4 is 0 Å². The molecule has 0 saturated heterocycles. The summed E-state index contributed by atoms with van der Waals surface area (Å²) in [6.45, 7) is 2.19. The first-order valence-electron chi connectivity index (χ1n) is 8.36. The van der Waals surface area contributed by atoms with Gasteiger partial charge >= 0.3 is 5.97 Å². The molecule has 2 N–H and O–H groups in total. The van der Waals surface area contributed by atoms with Crippen molar-refractivity contribution in [2.75, 3.05) is 0 Å². The molecule has 0 heterocycles. The van der Waals surface area contributed by atoms with Crippen LogP contribution in [0.2, 0.25) is 0 Å². The molecule has 3 heteroatoms. The van der Waals surface area contributed by atoms with Crippen molar-refractivity contribution in [3.8, 4) is 0 Å². The predicted molar refractivity (Wildman–Crippen MR) is 88.4 cm³/mol. The molecule has 0 bridgehead atoms. The van der Waals surface area contributed by atoms with E-state index in [-0.39, 0.29) is 12.5 Å². The number of unbranched alkanes of at least 4 members (excludes halogenated alkanes) is 5. The number of rotatable bonds is 14. The van der Waals surface area contributed by atoms with Gasteiger partial charge in [0.2, 0.25) is 0 Å². The molecule has 0 saturated carbocycles. The van der Waals surface area contributed by atoms with Crippen LogP contribution in [0.5, 0.6) is 0 Å². The highest BCUT2D eigenvalue weighted by Gasteiger charge is 2.00. The second kappa shape index (κ2) is 15.3. The molecule has 0 spiro atoms. The summed E-state index contributed by atoms with van der Waals surface area (Å²) in [6.07, 6.45) is 18.4. The Hall–Kier alpha value is -1.09. The molecule has 0 aliphatic rings. The summed E-state index contributed by atoms with van der Waals surface area (Å²) in [5, 5.41) is 18.3. The highest BCUT2D eigenvalue weighted by atomic mass is 16.4. The van der Waals surface area contributed by atoms with Gasteiger partial charge in [0.25, 0.3) is 0 Å². The van der Waals surface area contributed by atoms with Gasteiger partial charge in [0.05, 0.1) is 6.10 Å².